The summed E-state index contributed by atoms with van der Waals surface area (Å²) in [5.74, 6) is -1.20. The van der Waals surface area contributed by atoms with Gasteiger partial charge in [0.1, 0.15) is 43.2 Å². The number of esters is 2. The summed E-state index contributed by atoms with van der Waals surface area (Å²) in [5.41, 5.74) is 0. The van der Waals surface area contributed by atoms with Gasteiger partial charge in [0.25, 0.3) is 0 Å². The van der Waals surface area contributed by atoms with Gasteiger partial charge >= 0.3 is 19.8 Å². The number of ether oxygens (including phenoxy) is 2. The first-order valence-corrected chi connectivity index (χ1v) is 24.5. The first-order chi connectivity index (χ1) is 30.4. The number of phosphoric acid groups is 1. The van der Waals surface area contributed by atoms with Crippen LogP contribution >= 0.6 is 7.82 Å². The molecule has 1 aliphatic carbocycles. The maximum Gasteiger partial charge on any atom is 0.472 e. The lowest BCUT2D eigenvalue weighted by Crippen LogP contribution is -2.64. The fourth-order valence-electron chi connectivity index (χ4n) is 6.21. The molecule has 1 fully saturated rings. The van der Waals surface area contributed by atoms with Crippen LogP contribution < -0.4 is 0 Å². The van der Waals surface area contributed by atoms with Crippen LogP contribution in [0, 0.1) is 0 Å². The van der Waals surface area contributed by atoms with Gasteiger partial charge in [-0.05, 0) is 89.9 Å². The van der Waals surface area contributed by atoms with Crippen LogP contribution in [0.4, 0.5) is 0 Å². The van der Waals surface area contributed by atoms with Crippen molar-refractivity contribution in [1.29, 1.82) is 0 Å². The number of phosphoric ester groups is 1. The zero-order chi connectivity index (χ0) is 46.4. The third-order valence-electron chi connectivity index (χ3n) is 9.91. The molecular formula is C49H79O13P. The third-order valence-corrected chi connectivity index (χ3v) is 10.9. The monoisotopic (exact) mass is 907 g/mol. The van der Waals surface area contributed by atoms with Crippen LogP contribution in [0.1, 0.15) is 142 Å². The van der Waals surface area contributed by atoms with Crippen LogP contribution in [0.2, 0.25) is 0 Å². The van der Waals surface area contributed by atoms with Gasteiger partial charge < -0.3 is 39.9 Å². The zero-order valence-electron chi connectivity index (χ0n) is 37.8. The first-order valence-electron chi connectivity index (χ1n) is 23.0. The molecule has 6 N–H and O–H groups in total. The molecule has 0 aliphatic heterocycles. The summed E-state index contributed by atoms with van der Waals surface area (Å²) in [6.07, 6.45) is 37.5. The van der Waals surface area contributed by atoms with E-state index in [1.165, 1.54) is 19.3 Å². The molecule has 0 saturated heterocycles. The minimum atomic E-state index is -5.15. The van der Waals surface area contributed by atoms with E-state index >= 15 is 0 Å². The summed E-state index contributed by atoms with van der Waals surface area (Å²) >= 11 is 0. The number of aliphatic hydroxyl groups excluding tert-OH is 5. The maximum absolute atomic E-state index is 12.8. The highest BCUT2D eigenvalue weighted by molar-refractivity contribution is 7.47. The Morgan fingerprint density at radius 2 is 0.921 bits per heavy atom. The van der Waals surface area contributed by atoms with E-state index in [1.807, 2.05) is 12.2 Å². The topological polar surface area (TPSA) is 210 Å². The van der Waals surface area contributed by atoms with Gasteiger partial charge in [0, 0.05) is 12.8 Å². The third kappa shape index (κ3) is 30.5. The van der Waals surface area contributed by atoms with Crippen LogP contribution in [0.25, 0.3) is 0 Å². The summed E-state index contributed by atoms with van der Waals surface area (Å²) in [6.45, 7) is 3.07. The Kier molecular flexibility index (Phi) is 34.9. The highest BCUT2D eigenvalue weighted by Crippen LogP contribution is 2.47. The van der Waals surface area contributed by atoms with E-state index in [1.54, 1.807) is 0 Å². The number of carbonyl (C=O) groups excluding carboxylic acids is 2. The smallest absolute Gasteiger partial charge is 0.462 e. The summed E-state index contributed by atoms with van der Waals surface area (Å²) in [4.78, 5) is 35.7. The van der Waals surface area contributed by atoms with Crippen molar-refractivity contribution >= 4 is 19.8 Å². The normalized spacial score (nSPS) is 22.6. The van der Waals surface area contributed by atoms with Crippen LogP contribution in [0.5, 0.6) is 0 Å². The molecule has 0 aromatic heterocycles. The van der Waals surface area contributed by atoms with Gasteiger partial charge in [0.2, 0.25) is 0 Å². The van der Waals surface area contributed by atoms with E-state index in [-0.39, 0.29) is 12.8 Å². The molecule has 63 heavy (non-hydrogen) atoms. The molecule has 0 bridgehead atoms. The number of carbonyl (C=O) groups is 2. The summed E-state index contributed by atoms with van der Waals surface area (Å²) in [6, 6.07) is 0. The Labute approximate surface area is 377 Å². The lowest BCUT2D eigenvalue weighted by Gasteiger charge is -2.41. The molecule has 1 saturated carbocycles. The average Bonchev–Trinajstić information content (AvgIpc) is 3.26. The molecule has 6 unspecified atom stereocenters. The van der Waals surface area contributed by atoms with Crippen LogP contribution in [0.3, 0.4) is 0 Å². The van der Waals surface area contributed by atoms with Crippen molar-refractivity contribution < 1.29 is 63.1 Å². The first kappa shape index (κ1) is 57.8. The van der Waals surface area contributed by atoms with E-state index in [0.29, 0.717) is 19.3 Å². The van der Waals surface area contributed by atoms with Crippen molar-refractivity contribution in [2.45, 2.75) is 185 Å². The summed E-state index contributed by atoms with van der Waals surface area (Å²) in [7, 11) is -5.15. The molecule has 8 atom stereocenters. The summed E-state index contributed by atoms with van der Waals surface area (Å²) in [5, 5.41) is 50.1. The highest BCUT2D eigenvalue weighted by Gasteiger charge is 2.51. The van der Waals surface area contributed by atoms with E-state index < -0.39 is 75.7 Å². The molecule has 0 aromatic rings. The van der Waals surface area contributed by atoms with E-state index in [0.717, 1.165) is 77.0 Å². The molecule has 0 spiro atoms. The molecule has 0 heterocycles. The highest BCUT2D eigenvalue weighted by atomic mass is 31.2. The molecular weight excluding hydrogens is 828 g/mol. The Bertz CT molecular complexity index is 1470. The second kappa shape index (κ2) is 38.1. The van der Waals surface area contributed by atoms with Crippen molar-refractivity contribution in [1.82, 2.24) is 0 Å². The SMILES string of the molecule is CC/C=C/C/C=C/C/C=C/C/C=C/C/C=C/CCCC(=O)O[C@@H](COC(=O)CCCCCC/C=C/C/C=C/C/C=C/CCCCC)COP(=O)(O)OC1C(O)C(O)C(O)[C@H](O)C1O. The predicted octanol–water partition coefficient (Wildman–Crippen LogP) is 9.05. The number of hydrogen-bond acceptors (Lipinski definition) is 12. The molecule has 0 amide bonds. The number of allylic oxidation sites excluding steroid dienone is 16. The average molecular weight is 907 g/mol. The van der Waals surface area contributed by atoms with Crippen molar-refractivity contribution in [3.05, 3.63) is 97.2 Å². The Balaban J connectivity index is 2.53. The quantitative estimate of drug-likeness (QED) is 0.0150. The lowest BCUT2D eigenvalue weighted by atomic mass is 9.85. The van der Waals surface area contributed by atoms with Gasteiger partial charge in [0.15, 0.2) is 6.10 Å². The largest absolute Gasteiger partial charge is 0.472 e. The molecule has 1 rings (SSSR count). The second-order valence-corrected chi connectivity index (χ2v) is 16.9. The van der Waals surface area contributed by atoms with Gasteiger partial charge in [-0.2, -0.15) is 0 Å². The number of aliphatic hydroxyl groups is 5. The van der Waals surface area contributed by atoms with Crippen molar-refractivity contribution in [2.24, 2.45) is 0 Å². The fourth-order valence-corrected chi connectivity index (χ4v) is 7.18. The number of unbranched alkanes of at least 4 members (excludes halogenated alkanes) is 8. The Hall–Kier alpha value is -3.23. The van der Waals surface area contributed by atoms with Crippen LogP contribution in [-0.4, -0.2) is 98.3 Å². The molecule has 14 heteroatoms. The Morgan fingerprint density at radius 1 is 0.508 bits per heavy atom. The van der Waals surface area contributed by atoms with Crippen molar-refractivity contribution in [2.75, 3.05) is 13.2 Å². The second-order valence-electron chi connectivity index (χ2n) is 15.5. The van der Waals surface area contributed by atoms with Crippen molar-refractivity contribution in [3.63, 3.8) is 0 Å². The zero-order valence-corrected chi connectivity index (χ0v) is 38.7. The van der Waals surface area contributed by atoms with Gasteiger partial charge in [-0.25, -0.2) is 4.57 Å². The van der Waals surface area contributed by atoms with Gasteiger partial charge in [0.05, 0.1) is 6.61 Å². The van der Waals surface area contributed by atoms with Gasteiger partial charge in [-0.1, -0.05) is 137 Å². The molecule has 0 radical (unpaired) electrons. The lowest BCUT2D eigenvalue weighted by molar-refractivity contribution is -0.220. The molecule has 1 aliphatic rings. The van der Waals surface area contributed by atoms with Gasteiger partial charge in [-0.3, -0.25) is 18.6 Å². The summed E-state index contributed by atoms with van der Waals surface area (Å²) < 4.78 is 33.4. The van der Waals surface area contributed by atoms with E-state index in [9.17, 15) is 44.6 Å². The van der Waals surface area contributed by atoms with Crippen LogP contribution in [-0.2, 0) is 32.7 Å². The van der Waals surface area contributed by atoms with Gasteiger partial charge in [-0.15, -0.1) is 0 Å². The van der Waals surface area contributed by atoms with E-state index in [4.69, 9.17) is 18.5 Å². The fraction of sp³-hybridized carbons (Fsp3) is 0.633. The van der Waals surface area contributed by atoms with Crippen LogP contribution in [0.15, 0.2) is 97.2 Å². The van der Waals surface area contributed by atoms with E-state index in [2.05, 4.69) is 98.9 Å². The minimum Gasteiger partial charge on any atom is -0.462 e. The predicted molar refractivity (Wildman–Crippen MR) is 248 cm³/mol. The number of hydrogen-bond donors (Lipinski definition) is 6. The minimum absolute atomic E-state index is 0.00729. The van der Waals surface area contributed by atoms with Crippen molar-refractivity contribution in [3.8, 4) is 0 Å². The maximum atomic E-state index is 12.8. The molecule has 13 nitrogen and oxygen atoms in total. The Morgan fingerprint density at radius 3 is 1.41 bits per heavy atom. The molecule has 358 valence electrons. The standard InChI is InChI=1S/C49H79O13P/c1-3-5-7-9-11-13-15-17-19-21-23-25-27-29-31-33-35-37-42(50)59-39-41(40-60-63(57,58)62-49-47(55)45(53)44(52)46(54)48(49)56)61-43(51)38-36-34-32-30-28-26-24-22-20-18-16-14-12-10-8-6-4-2/h6,8,11-14,17-20,23-26,30,32,41,44-49,52-56H,3-5,7,9-10,15-16,21-22,27-29,31,33-40H2,1-2H3,(H,57,58)/b8-6+,13-11+,14-12+,19-17+,20-18+,25-23+,26-24+,32-30+/t41-,44?,45-,46?,47?,48?,49?/m0/s1. The number of rotatable bonds is 36. The molecule has 0 aromatic carbocycles.